The zero-order chi connectivity index (χ0) is 21.3. The Morgan fingerprint density at radius 3 is 2.68 bits per heavy atom. The molecule has 1 amide bonds. The minimum absolute atomic E-state index is 0.0668. The summed E-state index contributed by atoms with van der Waals surface area (Å²) in [6, 6.07) is 18.1. The smallest absolute Gasteiger partial charge is 0.230 e. The van der Waals surface area contributed by atoms with Crippen LogP contribution in [0.1, 0.15) is 41.3 Å². The van der Waals surface area contributed by atoms with Crippen LogP contribution in [0.25, 0.3) is 0 Å². The number of rotatable bonds is 7. The zero-order valence-corrected chi connectivity index (χ0v) is 17.7. The minimum Gasteiger partial charge on any atom is -0.497 e. The topological polar surface area (TPSA) is 65.4 Å². The van der Waals surface area contributed by atoms with Crippen LogP contribution in [-0.4, -0.2) is 35.9 Å². The van der Waals surface area contributed by atoms with Crippen molar-refractivity contribution < 1.29 is 14.3 Å². The highest BCUT2D eigenvalue weighted by molar-refractivity contribution is 5.91. The van der Waals surface area contributed by atoms with Gasteiger partial charge in [0.05, 0.1) is 31.4 Å². The van der Waals surface area contributed by atoms with Gasteiger partial charge in [0.1, 0.15) is 11.9 Å². The number of nitrogens with zero attached hydrogens (tertiary/aromatic N) is 2. The van der Waals surface area contributed by atoms with Crippen LogP contribution in [0.5, 0.6) is 5.75 Å². The molecule has 2 heterocycles. The van der Waals surface area contributed by atoms with E-state index in [4.69, 9.17) is 14.6 Å². The SMILES string of the molecule is COc1ccc(C2(C(=O)NC[C@@H]3OCCc4cn(Cc5ccccc5)nc43)CC2)cc1. The van der Waals surface area contributed by atoms with Crippen LogP contribution < -0.4 is 10.1 Å². The number of amides is 1. The van der Waals surface area contributed by atoms with E-state index in [1.807, 2.05) is 47.1 Å². The molecule has 0 unspecified atom stereocenters. The molecule has 1 saturated carbocycles. The molecule has 0 spiro atoms. The third-order valence-corrected chi connectivity index (χ3v) is 6.33. The second-order valence-corrected chi connectivity index (χ2v) is 8.35. The normalized spacial score (nSPS) is 18.8. The fourth-order valence-electron chi connectivity index (χ4n) is 4.37. The van der Waals surface area contributed by atoms with Crippen LogP contribution in [0.3, 0.4) is 0 Å². The van der Waals surface area contributed by atoms with Crippen molar-refractivity contribution in [2.45, 2.75) is 37.3 Å². The van der Waals surface area contributed by atoms with Crippen molar-refractivity contribution in [3.63, 3.8) is 0 Å². The Labute approximate surface area is 182 Å². The van der Waals surface area contributed by atoms with E-state index < -0.39 is 5.41 Å². The summed E-state index contributed by atoms with van der Waals surface area (Å²) in [7, 11) is 1.65. The number of hydrogen-bond donors (Lipinski definition) is 1. The van der Waals surface area contributed by atoms with Gasteiger partial charge in [0.2, 0.25) is 5.91 Å². The monoisotopic (exact) mass is 417 g/mol. The van der Waals surface area contributed by atoms with Gasteiger partial charge in [0.15, 0.2) is 0 Å². The van der Waals surface area contributed by atoms with Crippen molar-refractivity contribution in [2.24, 2.45) is 0 Å². The highest BCUT2D eigenvalue weighted by Crippen LogP contribution is 2.48. The molecular formula is C25H27N3O3. The molecule has 2 aromatic carbocycles. The highest BCUT2D eigenvalue weighted by atomic mass is 16.5. The van der Waals surface area contributed by atoms with E-state index in [-0.39, 0.29) is 12.0 Å². The van der Waals surface area contributed by atoms with E-state index in [0.29, 0.717) is 13.2 Å². The Kier molecular flexibility index (Phi) is 5.24. The first-order valence-corrected chi connectivity index (χ1v) is 10.8. The lowest BCUT2D eigenvalue weighted by atomic mass is 9.94. The van der Waals surface area contributed by atoms with Crippen molar-refractivity contribution in [1.29, 1.82) is 0 Å². The van der Waals surface area contributed by atoms with Crippen LogP contribution in [0.4, 0.5) is 0 Å². The lowest BCUT2D eigenvalue weighted by Gasteiger charge is -2.24. The van der Waals surface area contributed by atoms with Gasteiger partial charge in [-0.15, -0.1) is 0 Å². The molecule has 6 nitrogen and oxygen atoms in total. The molecule has 1 aliphatic carbocycles. The highest BCUT2D eigenvalue weighted by Gasteiger charge is 2.51. The van der Waals surface area contributed by atoms with Crippen LogP contribution in [0, 0.1) is 0 Å². The average molecular weight is 418 g/mol. The second kappa shape index (κ2) is 8.19. The standard InChI is InChI=1S/C25H27N3O3/c1-30-21-9-7-20(8-10-21)25(12-13-25)24(29)26-15-22-23-19(11-14-31-22)17-28(27-23)16-18-5-3-2-4-6-18/h2-10,17,22H,11-16H2,1H3,(H,26,29)/t22-/m0/s1. The lowest BCUT2D eigenvalue weighted by Crippen LogP contribution is -2.38. The first-order valence-electron chi connectivity index (χ1n) is 10.8. The molecule has 0 radical (unpaired) electrons. The third-order valence-electron chi connectivity index (χ3n) is 6.33. The first-order chi connectivity index (χ1) is 15.2. The molecule has 160 valence electrons. The Hall–Kier alpha value is -3.12. The van der Waals surface area contributed by atoms with Gasteiger partial charge >= 0.3 is 0 Å². The third kappa shape index (κ3) is 3.95. The Balaban J connectivity index is 1.26. The van der Waals surface area contributed by atoms with Crippen molar-refractivity contribution >= 4 is 5.91 Å². The van der Waals surface area contributed by atoms with E-state index in [9.17, 15) is 4.79 Å². The van der Waals surface area contributed by atoms with Gasteiger partial charge in [-0.05, 0) is 48.1 Å². The summed E-state index contributed by atoms with van der Waals surface area (Å²) in [5, 5.41) is 7.92. The maximum absolute atomic E-state index is 13.1. The molecule has 0 saturated heterocycles. The van der Waals surface area contributed by atoms with Crippen LogP contribution in [0.2, 0.25) is 0 Å². The maximum atomic E-state index is 13.1. The zero-order valence-electron chi connectivity index (χ0n) is 17.7. The van der Waals surface area contributed by atoms with E-state index in [0.717, 1.165) is 42.8 Å². The number of hydrogen-bond acceptors (Lipinski definition) is 4. The molecule has 3 aromatic rings. The fraction of sp³-hybridized carbons (Fsp3) is 0.360. The molecule has 5 rings (SSSR count). The Morgan fingerprint density at radius 2 is 1.97 bits per heavy atom. The number of methoxy groups -OCH3 is 1. The fourth-order valence-corrected chi connectivity index (χ4v) is 4.37. The number of carbonyl (C=O) groups is 1. The Morgan fingerprint density at radius 1 is 1.19 bits per heavy atom. The van der Waals surface area contributed by atoms with Crippen LogP contribution in [0.15, 0.2) is 60.8 Å². The summed E-state index contributed by atoms with van der Waals surface area (Å²) in [6.07, 6.45) is 4.49. The van der Waals surface area contributed by atoms with E-state index in [1.165, 1.54) is 11.1 Å². The molecule has 1 fully saturated rings. The maximum Gasteiger partial charge on any atom is 0.230 e. The molecule has 0 bridgehead atoms. The van der Waals surface area contributed by atoms with Gasteiger partial charge < -0.3 is 14.8 Å². The summed E-state index contributed by atoms with van der Waals surface area (Å²) in [5.41, 5.74) is 3.98. The number of carbonyl (C=O) groups excluding carboxylic acids is 1. The summed E-state index contributed by atoms with van der Waals surface area (Å²) in [6.45, 7) is 1.81. The summed E-state index contributed by atoms with van der Waals surface area (Å²) in [4.78, 5) is 13.1. The second-order valence-electron chi connectivity index (χ2n) is 8.35. The molecule has 1 N–H and O–H groups in total. The van der Waals surface area contributed by atoms with Gasteiger partial charge in [-0.2, -0.15) is 5.10 Å². The van der Waals surface area contributed by atoms with Gasteiger partial charge in [-0.25, -0.2) is 0 Å². The number of aromatic nitrogens is 2. The van der Waals surface area contributed by atoms with E-state index in [2.05, 4.69) is 23.6 Å². The van der Waals surface area contributed by atoms with Gasteiger partial charge in [0.25, 0.3) is 0 Å². The molecule has 1 aliphatic heterocycles. The summed E-state index contributed by atoms with van der Waals surface area (Å²) in [5.74, 6) is 0.867. The van der Waals surface area contributed by atoms with Crippen molar-refractivity contribution in [1.82, 2.24) is 15.1 Å². The Bertz CT molecular complexity index is 1060. The molecule has 6 heteroatoms. The molecule has 31 heavy (non-hydrogen) atoms. The lowest BCUT2D eigenvalue weighted by molar-refractivity contribution is -0.124. The molecule has 2 aliphatic rings. The number of nitrogens with one attached hydrogen (secondary N) is 1. The molecular weight excluding hydrogens is 390 g/mol. The van der Waals surface area contributed by atoms with Gasteiger partial charge in [0, 0.05) is 12.7 Å². The van der Waals surface area contributed by atoms with E-state index >= 15 is 0 Å². The van der Waals surface area contributed by atoms with Crippen molar-refractivity contribution in [3.8, 4) is 5.75 Å². The molecule has 1 aromatic heterocycles. The van der Waals surface area contributed by atoms with Gasteiger partial charge in [-0.3, -0.25) is 9.48 Å². The van der Waals surface area contributed by atoms with Crippen molar-refractivity contribution in [3.05, 3.63) is 83.2 Å². The summed E-state index contributed by atoms with van der Waals surface area (Å²) >= 11 is 0. The number of ether oxygens (including phenoxy) is 2. The minimum atomic E-state index is -0.420. The average Bonchev–Trinajstić information content (AvgIpc) is 3.52. The predicted octanol–water partition coefficient (Wildman–Crippen LogP) is 3.40. The first kappa shape index (κ1) is 19.8. The predicted molar refractivity (Wildman–Crippen MR) is 117 cm³/mol. The largest absolute Gasteiger partial charge is 0.497 e. The quantitative estimate of drug-likeness (QED) is 0.640. The number of benzene rings is 2. The van der Waals surface area contributed by atoms with Gasteiger partial charge in [-0.1, -0.05) is 42.5 Å². The number of fused-ring (bicyclic) bond motifs is 1. The van der Waals surface area contributed by atoms with E-state index in [1.54, 1.807) is 7.11 Å². The van der Waals surface area contributed by atoms with Crippen LogP contribution >= 0.6 is 0 Å². The van der Waals surface area contributed by atoms with Crippen LogP contribution in [-0.2, 0) is 27.9 Å². The summed E-state index contributed by atoms with van der Waals surface area (Å²) < 4.78 is 13.2. The van der Waals surface area contributed by atoms with Crippen molar-refractivity contribution in [2.75, 3.05) is 20.3 Å². The molecule has 1 atom stereocenters.